The third-order valence-electron chi connectivity index (χ3n) is 3.99. The Labute approximate surface area is 112 Å². The van der Waals surface area contributed by atoms with Crippen molar-refractivity contribution in [3.8, 4) is 0 Å². The van der Waals surface area contributed by atoms with Crippen LogP contribution < -0.4 is 0 Å². The van der Waals surface area contributed by atoms with Gasteiger partial charge in [-0.15, -0.1) is 0 Å². The standard InChI is InChI=1S/C16H28N2/c1-6-8-9-10-16(5,7-2)15-17-11-14(12-18-15)13(3)4/h11-13H,6-10H2,1-5H3. The lowest BCUT2D eigenvalue weighted by Gasteiger charge is -2.26. The highest BCUT2D eigenvalue weighted by molar-refractivity contribution is 5.13. The molecule has 0 bridgehead atoms. The van der Waals surface area contributed by atoms with Crippen molar-refractivity contribution in [1.82, 2.24) is 9.97 Å². The molecule has 0 aliphatic heterocycles. The third-order valence-corrected chi connectivity index (χ3v) is 3.99. The minimum atomic E-state index is 0.144. The van der Waals surface area contributed by atoms with Gasteiger partial charge in [-0.2, -0.15) is 0 Å². The summed E-state index contributed by atoms with van der Waals surface area (Å²) < 4.78 is 0. The quantitative estimate of drug-likeness (QED) is 0.645. The summed E-state index contributed by atoms with van der Waals surface area (Å²) in [6.07, 6.45) is 10.2. The van der Waals surface area contributed by atoms with Crippen molar-refractivity contribution in [2.75, 3.05) is 0 Å². The molecule has 0 amide bonds. The van der Waals surface area contributed by atoms with Crippen LogP contribution in [0.4, 0.5) is 0 Å². The van der Waals surface area contributed by atoms with Gasteiger partial charge in [0.15, 0.2) is 0 Å². The van der Waals surface area contributed by atoms with E-state index in [1.54, 1.807) is 0 Å². The van der Waals surface area contributed by atoms with E-state index in [1.807, 2.05) is 12.4 Å². The minimum Gasteiger partial charge on any atom is -0.240 e. The number of aromatic nitrogens is 2. The highest BCUT2D eigenvalue weighted by Gasteiger charge is 2.27. The summed E-state index contributed by atoms with van der Waals surface area (Å²) in [4.78, 5) is 9.22. The summed E-state index contributed by atoms with van der Waals surface area (Å²) in [7, 11) is 0. The van der Waals surface area contributed by atoms with Crippen LogP contribution in [0.3, 0.4) is 0 Å². The molecule has 0 N–H and O–H groups in total. The van der Waals surface area contributed by atoms with Crippen LogP contribution in [-0.2, 0) is 5.41 Å². The van der Waals surface area contributed by atoms with Crippen LogP contribution in [-0.4, -0.2) is 9.97 Å². The predicted octanol–water partition coefficient (Wildman–Crippen LogP) is 4.85. The van der Waals surface area contributed by atoms with Crippen LogP contribution in [0.5, 0.6) is 0 Å². The molecule has 1 aromatic heterocycles. The first-order valence-electron chi connectivity index (χ1n) is 7.36. The molecule has 0 radical (unpaired) electrons. The van der Waals surface area contributed by atoms with E-state index in [-0.39, 0.29) is 5.41 Å². The Bertz CT molecular complexity index is 343. The lowest BCUT2D eigenvalue weighted by Crippen LogP contribution is -2.24. The summed E-state index contributed by atoms with van der Waals surface area (Å²) in [6, 6.07) is 0. The van der Waals surface area contributed by atoms with Crippen molar-refractivity contribution in [2.45, 2.75) is 78.1 Å². The maximum Gasteiger partial charge on any atom is 0.134 e. The Balaban J connectivity index is 2.80. The second-order valence-corrected chi connectivity index (χ2v) is 5.87. The lowest BCUT2D eigenvalue weighted by molar-refractivity contribution is 0.376. The van der Waals surface area contributed by atoms with E-state index in [9.17, 15) is 0 Å². The molecule has 1 unspecified atom stereocenters. The van der Waals surface area contributed by atoms with E-state index in [4.69, 9.17) is 0 Å². The Hall–Kier alpha value is -0.920. The molecule has 2 heteroatoms. The van der Waals surface area contributed by atoms with Crippen molar-refractivity contribution >= 4 is 0 Å². The summed E-state index contributed by atoms with van der Waals surface area (Å²) in [5.74, 6) is 1.53. The van der Waals surface area contributed by atoms with Gasteiger partial charge in [0.25, 0.3) is 0 Å². The number of nitrogens with zero attached hydrogens (tertiary/aromatic N) is 2. The van der Waals surface area contributed by atoms with Crippen LogP contribution in [0.25, 0.3) is 0 Å². The van der Waals surface area contributed by atoms with Gasteiger partial charge in [-0.05, 0) is 24.3 Å². The first-order valence-corrected chi connectivity index (χ1v) is 7.36. The second-order valence-electron chi connectivity index (χ2n) is 5.87. The molecular weight excluding hydrogens is 220 g/mol. The molecule has 0 aromatic carbocycles. The fourth-order valence-corrected chi connectivity index (χ4v) is 2.16. The van der Waals surface area contributed by atoms with Crippen LogP contribution in [0.2, 0.25) is 0 Å². The molecule has 0 saturated carbocycles. The van der Waals surface area contributed by atoms with Gasteiger partial charge in [0, 0.05) is 17.8 Å². The van der Waals surface area contributed by atoms with Crippen molar-refractivity contribution in [3.63, 3.8) is 0 Å². The van der Waals surface area contributed by atoms with Gasteiger partial charge < -0.3 is 0 Å². The largest absolute Gasteiger partial charge is 0.240 e. The maximum atomic E-state index is 4.61. The van der Waals surface area contributed by atoms with Gasteiger partial charge in [-0.1, -0.05) is 53.9 Å². The van der Waals surface area contributed by atoms with Crippen LogP contribution in [0, 0.1) is 0 Å². The molecule has 0 spiro atoms. The van der Waals surface area contributed by atoms with Crippen molar-refractivity contribution in [3.05, 3.63) is 23.8 Å². The van der Waals surface area contributed by atoms with E-state index in [2.05, 4.69) is 44.6 Å². The van der Waals surface area contributed by atoms with Crippen molar-refractivity contribution < 1.29 is 0 Å². The SMILES string of the molecule is CCCCCC(C)(CC)c1ncc(C(C)C)cn1. The summed E-state index contributed by atoms with van der Waals surface area (Å²) in [6.45, 7) is 11.1. The molecule has 1 rings (SSSR count). The minimum absolute atomic E-state index is 0.144. The predicted molar refractivity (Wildman–Crippen MR) is 77.9 cm³/mol. The molecule has 102 valence electrons. The zero-order chi connectivity index (χ0) is 13.6. The molecule has 0 fully saturated rings. The number of hydrogen-bond donors (Lipinski definition) is 0. The van der Waals surface area contributed by atoms with E-state index >= 15 is 0 Å². The zero-order valence-electron chi connectivity index (χ0n) is 12.7. The van der Waals surface area contributed by atoms with Crippen LogP contribution in [0.15, 0.2) is 12.4 Å². The molecule has 1 atom stereocenters. The normalized spacial score (nSPS) is 14.8. The molecule has 0 saturated heterocycles. The van der Waals surface area contributed by atoms with Gasteiger partial charge in [0.2, 0.25) is 0 Å². The van der Waals surface area contributed by atoms with Gasteiger partial charge >= 0.3 is 0 Å². The first kappa shape index (κ1) is 15.1. The van der Waals surface area contributed by atoms with Gasteiger partial charge in [-0.3, -0.25) is 0 Å². The highest BCUT2D eigenvalue weighted by atomic mass is 14.9. The fourth-order valence-electron chi connectivity index (χ4n) is 2.16. The molecule has 0 aliphatic rings. The molecule has 0 aliphatic carbocycles. The highest BCUT2D eigenvalue weighted by Crippen LogP contribution is 2.30. The van der Waals surface area contributed by atoms with Gasteiger partial charge in [0.1, 0.15) is 5.82 Å². The lowest BCUT2D eigenvalue weighted by atomic mass is 9.81. The van der Waals surface area contributed by atoms with E-state index < -0.39 is 0 Å². The van der Waals surface area contributed by atoms with Gasteiger partial charge in [0.05, 0.1) is 0 Å². The van der Waals surface area contributed by atoms with E-state index in [0.717, 1.165) is 12.2 Å². The Morgan fingerprint density at radius 1 is 1.11 bits per heavy atom. The summed E-state index contributed by atoms with van der Waals surface area (Å²) >= 11 is 0. The van der Waals surface area contributed by atoms with E-state index in [0.29, 0.717) is 5.92 Å². The first-order chi connectivity index (χ1) is 8.53. The van der Waals surface area contributed by atoms with Crippen molar-refractivity contribution in [1.29, 1.82) is 0 Å². The monoisotopic (exact) mass is 248 g/mol. The fraction of sp³-hybridized carbons (Fsp3) is 0.750. The van der Waals surface area contributed by atoms with Crippen LogP contribution >= 0.6 is 0 Å². The molecule has 2 nitrogen and oxygen atoms in total. The van der Waals surface area contributed by atoms with Crippen molar-refractivity contribution in [2.24, 2.45) is 0 Å². The van der Waals surface area contributed by atoms with E-state index in [1.165, 1.54) is 31.2 Å². The third kappa shape index (κ3) is 3.79. The van der Waals surface area contributed by atoms with Gasteiger partial charge in [-0.25, -0.2) is 9.97 Å². The molecule has 1 heterocycles. The Morgan fingerprint density at radius 3 is 2.17 bits per heavy atom. The molecular formula is C16H28N2. The summed E-state index contributed by atoms with van der Waals surface area (Å²) in [5, 5.41) is 0. The zero-order valence-corrected chi connectivity index (χ0v) is 12.7. The maximum absolute atomic E-state index is 4.61. The average molecular weight is 248 g/mol. The second kappa shape index (κ2) is 6.86. The number of hydrogen-bond acceptors (Lipinski definition) is 2. The molecule has 18 heavy (non-hydrogen) atoms. The number of rotatable bonds is 7. The average Bonchev–Trinajstić information content (AvgIpc) is 2.39. The smallest absolute Gasteiger partial charge is 0.134 e. The number of unbranched alkanes of at least 4 members (excludes halogenated alkanes) is 2. The Morgan fingerprint density at radius 2 is 1.72 bits per heavy atom. The topological polar surface area (TPSA) is 25.8 Å². The Kier molecular flexibility index (Phi) is 5.77. The summed E-state index contributed by atoms with van der Waals surface area (Å²) in [5.41, 5.74) is 1.37. The van der Waals surface area contributed by atoms with Crippen LogP contribution in [0.1, 0.15) is 84.0 Å². The molecule has 1 aromatic rings.